The summed E-state index contributed by atoms with van der Waals surface area (Å²) < 4.78 is 0. The molecule has 1 aromatic heterocycles. The predicted octanol–water partition coefficient (Wildman–Crippen LogP) is 3.57. The van der Waals surface area contributed by atoms with Crippen molar-refractivity contribution in [3.63, 3.8) is 0 Å². The van der Waals surface area contributed by atoms with Crippen molar-refractivity contribution >= 4 is 34.8 Å². The van der Waals surface area contributed by atoms with Crippen LogP contribution >= 0.6 is 11.6 Å². The van der Waals surface area contributed by atoms with Gasteiger partial charge in [0.1, 0.15) is 5.38 Å². The van der Waals surface area contributed by atoms with Gasteiger partial charge in [-0.1, -0.05) is 6.07 Å². The van der Waals surface area contributed by atoms with Crippen LogP contribution in [0.3, 0.4) is 0 Å². The molecule has 6 nitrogen and oxygen atoms in total. The van der Waals surface area contributed by atoms with Crippen LogP contribution in [0.1, 0.15) is 42.1 Å². The van der Waals surface area contributed by atoms with E-state index in [1.165, 1.54) is 6.42 Å². The van der Waals surface area contributed by atoms with Crippen LogP contribution in [0.25, 0.3) is 0 Å². The van der Waals surface area contributed by atoms with E-state index in [1.807, 2.05) is 24.3 Å². The number of rotatable bonds is 6. The Morgan fingerprint density at radius 2 is 2.00 bits per heavy atom. The van der Waals surface area contributed by atoms with Gasteiger partial charge in [0.05, 0.1) is 5.56 Å². The number of anilines is 2. The smallest absolute Gasteiger partial charge is 0.253 e. The molecule has 1 saturated heterocycles. The number of benzene rings is 1. The van der Waals surface area contributed by atoms with Crippen LogP contribution in [-0.2, 0) is 11.3 Å². The topological polar surface area (TPSA) is 74.3 Å². The van der Waals surface area contributed by atoms with Gasteiger partial charge in [0.15, 0.2) is 0 Å². The molecule has 1 aliphatic heterocycles. The number of hydrogen-bond acceptors (Lipinski definition) is 4. The Morgan fingerprint density at radius 1 is 1.21 bits per heavy atom. The molecular formula is C21H25ClN4O2. The lowest BCUT2D eigenvalue weighted by Gasteiger charge is -2.30. The van der Waals surface area contributed by atoms with Gasteiger partial charge in [-0.2, -0.15) is 0 Å². The molecule has 7 heteroatoms. The summed E-state index contributed by atoms with van der Waals surface area (Å²) >= 11 is 5.85. The summed E-state index contributed by atoms with van der Waals surface area (Å²) in [5.41, 5.74) is 2.92. The van der Waals surface area contributed by atoms with Crippen molar-refractivity contribution in [1.82, 2.24) is 10.3 Å². The third-order valence-electron chi connectivity index (χ3n) is 4.74. The van der Waals surface area contributed by atoms with Crippen LogP contribution in [-0.4, -0.2) is 35.3 Å². The lowest BCUT2D eigenvalue weighted by molar-refractivity contribution is -0.115. The number of halogens is 1. The van der Waals surface area contributed by atoms with Crippen LogP contribution in [0.5, 0.6) is 0 Å². The van der Waals surface area contributed by atoms with Crippen molar-refractivity contribution in [1.29, 1.82) is 0 Å². The molecule has 0 aliphatic carbocycles. The Bertz CT molecular complexity index is 820. The highest BCUT2D eigenvalue weighted by Gasteiger charge is 2.20. The van der Waals surface area contributed by atoms with Gasteiger partial charge >= 0.3 is 0 Å². The van der Waals surface area contributed by atoms with Crippen LogP contribution in [0.2, 0.25) is 0 Å². The van der Waals surface area contributed by atoms with E-state index in [9.17, 15) is 9.59 Å². The zero-order valence-corrected chi connectivity index (χ0v) is 16.7. The van der Waals surface area contributed by atoms with Gasteiger partial charge in [0.25, 0.3) is 5.91 Å². The highest BCUT2D eigenvalue weighted by Crippen LogP contribution is 2.27. The Morgan fingerprint density at radius 3 is 2.68 bits per heavy atom. The quantitative estimate of drug-likeness (QED) is 0.727. The third kappa shape index (κ3) is 5.23. The number of piperidine rings is 1. The standard InChI is InChI=1S/C21H25ClN4O2/c1-15(22)20(27)25-17-7-8-19(26-10-3-2-4-11-26)18(12-17)21(28)24-14-16-6-5-9-23-13-16/h5-9,12-13,15H,2-4,10-11,14H2,1H3,(H,24,28)(H,25,27). The Kier molecular flexibility index (Phi) is 6.87. The molecule has 1 atom stereocenters. The highest BCUT2D eigenvalue weighted by molar-refractivity contribution is 6.32. The van der Waals surface area contributed by atoms with Crippen molar-refractivity contribution in [3.8, 4) is 0 Å². The number of nitrogens with zero attached hydrogens (tertiary/aromatic N) is 2. The molecular weight excluding hydrogens is 376 g/mol. The summed E-state index contributed by atoms with van der Waals surface area (Å²) in [4.78, 5) is 31.2. The van der Waals surface area contributed by atoms with E-state index in [1.54, 1.807) is 25.4 Å². The van der Waals surface area contributed by atoms with Crippen LogP contribution < -0.4 is 15.5 Å². The first-order chi connectivity index (χ1) is 13.5. The van der Waals surface area contributed by atoms with Crippen molar-refractivity contribution in [2.45, 2.75) is 38.1 Å². The number of pyridine rings is 1. The van der Waals surface area contributed by atoms with E-state index in [0.717, 1.165) is 37.2 Å². The molecule has 1 aliphatic rings. The summed E-state index contributed by atoms with van der Waals surface area (Å²) in [5.74, 6) is -0.478. The maximum atomic E-state index is 13.0. The van der Waals surface area contributed by atoms with E-state index >= 15 is 0 Å². The lowest BCUT2D eigenvalue weighted by atomic mass is 10.1. The zero-order valence-electron chi connectivity index (χ0n) is 16.0. The van der Waals surface area contributed by atoms with E-state index in [-0.39, 0.29) is 11.8 Å². The average Bonchev–Trinajstić information content (AvgIpc) is 2.73. The van der Waals surface area contributed by atoms with Crippen LogP contribution in [0, 0.1) is 0 Å². The van der Waals surface area contributed by atoms with Gasteiger partial charge in [-0.25, -0.2) is 0 Å². The fourth-order valence-electron chi connectivity index (χ4n) is 3.23. The fourth-order valence-corrected chi connectivity index (χ4v) is 3.28. The fraction of sp³-hybridized carbons (Fsp3) is 0.381. The van der Waals surface area contributed by atoms with Crippen molar-refractivity contribution < 1.29 is 9.59 Å². The largest absolute Gasteiger partial charge is 0.371 e. The number of hydrogen-bond donors (Lipinski definition) is 2. The molecule has 0 spiro atoms. The summed E-state index contributed by atoms with van der Waals surface area (Å²) in [6, 6.07) is 9.19. The second-order valence-corrected chi connectivity index (χ2v) is 7.58. The van der Waals surface area contributed by atoms with E-state index in [0.29, 0.717) is 17.8 Å². The molecule has 2 N–H and O–H groups in total. The summed E-state index contributed by atoms with van der Waals surface area (Å²) in [5, 5.41) is 5.07. The van der Waals surface area contributed by atoms with Crippen LogP contribution in [0.15, 0.2) is 42.7 Å². The molecule has 28 heavy (non-hydrogen) atoms. The van der Waals surface area contributed by atoms with E-state index < -0.39 is 5.38 Å². The maximum Gasteiger partial charge on any atom is 0.253 e. The first kappa shape index (κ1) is 20.1. The molecule has 2 aromatic rings. The molecule has 2 amide bonds. The second kappa shape index (κ2) is 9.55. The minimum absolute atomic E-state index is 0.181. The Hall–Kier alpha value is -2.60. The van der Waals surface area contributed by atoms with Gasteiger partial charge in [0.2, 0.25) is 5.91 Å². The maximum absolute atomic E-state index is 13.0. The van der Waals surface area contributed by atoms with Crippen molar-refractivity contribution in [2.24, 2.45) is 0 Å². The number of carbonyl (C=O) groups is 2. The number of alkyl halides is 1. The molecule has 3 rings (SSSR count). The number of amides is 2. The molecule has 1 fully saturated rings. The lowest BCUT2D eigenvalue weighted by Crippen LogP contribution is -2.33. The average molecular weight is 401 g/mol. The van der Waals surface area contributed by atoms with Crippen LogP contribution in [0.4, 0.5) is 11.4 Å². The second-order valence-electron chi connectivity index (χ2n) is 6.93. The monoisotopic (exact) mass is 400 g/mol. The minimum atomic E-state index is -0.648. The molecule has 1 aromatic carbocycles. The van der Waals surface area contributed by atoms with Gasteiger partial charge in [-0.15, -0.1) is 11.6 Å². The third-order valence-corrected chi connectivity index (χ3v) is 4.94. The van der Waals surface area contributed by atoms with Gasteiger partial charge < -0.3 is 15.5 Å². The number of nitrogens with one attached hydrogen (secondary N) is 2. The number of carbonyl (C=O) groups excluding carboxylic acids is 2. The van der Waals surface area contributed by atoms with Gasteiger partial charge in [-0.05, 0) is 56.0 Å². The molecule has 148 valence electrons. The first-order valence-corrected chi connectivity index (χ1v) is 9.99. The van der Waals surface area contributed by atoms with Gasteiger partial charge in [-0.3, -0.25) is 14.6 Å². The molecule has 0 radical (unpaired) electrons. The summed E-state index contributed by atoms with van der Waals surface area (Å²) in [6.45, 7) is 3.85. The first-order valence-electron chi connectivity index (χ1n) is 9.55. The summed E-state index contributed by atoms with van der Waals surface area (Å²) in [6.07, 6.45) is 6.85. The molecule has 1 unspecified atom stereocenters. The minimum Gasteiger partial charge on any atom is -0.371 e. The predicted molar refractivity (Wildman–Crippen MR) is 112 cm³/mol. The SMILES string of the molecule is CC(Cl)C(=O)Nc1ccc(N2CCCCC2)c(C(=O)NCc2cccnc2)c1. The van der Waals surface area contributed by atoms with Gasteiger partial charge in [0, 0.05) is 43.4 Å². The number of aromatic nitrogens is 1. The van der Waals surface area contributed by atoms with E-state index in [4.69, 9.17) is 11.6 Å². The molecule has 2 heterocycles. The zero-order chi connectivity index (χ0) is 19.9. The van der Waals surface area contributed by atoms with E-state index in [2.05, 4.69) is 20.5 Å². The molecule has 0 saturated carbocycles. The Balaban J connectivity index is 1.82. The Labute approximate surface area is 170 Å². The highest BCUT2D eigenvalue weighted by atomic mass is 35.5. The summed E-state index contributed by atoms with van der Waals surface area (Å²) in [7, 11) is 0. The normalized spacial score (nSPS) is 15.0. The molecule has 0 bridgehead atoms. The van der Waals surface area contributed by atoms with Crippen molar-refractivity contribution in [2.75, 3.05) is 23.3 Å². The van der Waals surface area contributed by atoms with Crippen molar-refractivity contribution in [3.05, 3.63) is 53.9 Å².